The first-order valence-electron chi connectivity index (χ1n) is 9.80. The second kappa shape index (κ2) is 7.21. The number of H-pyrrole nitrogens is 1. The Morgan fingerprint density at radius 3 is 2.21 bits per heavy atom. The van der Waals surface area contributed by atoms with E-state index < -0.39 is 0 Å². The number of benzene rings is 2. The first-order chi connectivity index (χ1) is 13.8. The van der Waals surface area contributed by atoms with Crippen LogP contribution in [0.2, 0.25) is 0 Å². The Bertz CT molecular complexity index is 1190. The van der Waals surface area contributed by atoms with E-state index in [0.29, 0.717) is 11.3 Å². The normalized spacial score (nSPS) is 11.6. The first kappa shape index (κ1) is 18.9. The van der Waals surface area contributed by atoms with Crippen molar-refractivity contribution in [1.82, 2.24) is 14.8 Å². The Morgan fingerprint density at radius 2 is 1.59 bits per heavy atom. The summed E-state index contributed by atoms with van der Waals surface area (Å²) in [6.45, 7) is 8.48. The maximum atomic E-state index is 12.5. The smallest absolute Gasteiger partial charge is 0.257 e. The fourth-order valence-corrected chi connectivity index (χ4v) is 3.40. The zero-order valence-corrected chi connectivity index (χ0v) is 17.2. The molecule has 0 amide bonds. The largest absolute Gasteiger partial charge is 0.326 e. The van der Waals surface area contributed by atoms with E-state index in [0.717, 1.165) is 22.6 Å². The Hall–Kier alpha value is -3.40. The number of aromatic amines is 1. The average Bonchev–Trinajstić information content (AvgIpc) is 3.13. The van der Waals surface area contributed by atoms with Gasteiger partial charge in [0.1, 0.15) is 0 Å². The molecule has 0 saturated heterocycles. The van der Waals surface area contributed by atoms with Gasteiger partial charge in [0.05, 0.1) is 22.6 Å². The second-order valence-electron chi connectivity index (χ2n) is 8.37. The van der Waals surface area contributed by atoms with Gasteiger partial charge in [0.15, 0.2) is 0 Å². The summed E-state index contributed by atoms with van der Waals surface area (Å²) in [5.41, 5.74) is 6.25. The van der Waals surface area contributed by atoms with Gasteiger partial charge in [-0.05, 0) is 48.2 Å². The molecule has 4 heteroatoms. The Balaban J connectivity index is 1.88. The molecule has 29 heavy (non-hydrogen) atoms. The number of nitrogens with zero attached hydrogens (tertiary/aromatic N) is 2. The molecule has 0 aliphatic carbocycles. The van der Waals surface area contributed by atoms with Crippen molar-refractivity contribution in [1.29, 1.82) is 0 Å². The number of aryl methyl sites for hydroxylation is 1. The van der Waals surface area contributed by atoms with E-state index in [1.54, 1.807) is 0 Å². The SMILES string of the molecule is Cc1ccc(-c2cc(-c3ccccc3)n(-c3ccc(C(C)(C)C)cc3)n2)c(=O)[nH]1. The third kappa shape index (κ3) is 3.79. The van der Waals surface area contributed by atoms with Crippen LogP contribution in [0, 0.1) is 6.92 Å². The molecule has 0 aliphatic rings. The summed E-state index contributed by atoms with van der Waals surface area (Å²) in [4.78, 5) is 15.3. The van der Waals surface area contributed by atoms with E-state index in [1.807, 2.05) is 48.0 Å². The molecular formula is C25H25N3O. The topological polar surface area (TPSA) is 50.7 Å². The predicted molar refractivity (Wildman–Crippen MR) is 118 cm³/mol. The van der Waals surface area contributed by atoms with Gasteiger partial charge in [0.25, 0.3) is 5.56 Å². The van der Waals surface area contributed by atoms with Crippen molar-refractivity contribution in [3.63, 3.8) is 0 Å². The summed E-state index contributed by atoms with van der Waals surface area (Å²) in [6, 6.07) is 24.3. The molecule has 4 nitrogen and oxygen atoms in total. The highest BCUT2D eigenvalue weighted by Crippen LogP contribution is 2.29. The van der Waals surface area contributed by atoms with Crippen molar-refractivity contribution < 1.29 is 0 Å². The van der Waals surface area contributed by atoms with E-state index in [2.05, 4.69) is 62.2 Å². The summed E-state index contributed by atoms with van der Waals surface area (Å²) in [7, 11) is 0. The molecular weight excluding hydrogens is 358 g/mol. The Kier molecular flexibility index (Phi) is 4.71. The van der Waals surface area contributed by atoms with Crippen LogP contribution in [0.15, 0.2) is 77.6 Å². The molecule has 0 bridgehead atoms. The molecule has 0 spiro atoms. The minimum absolute atomic E-state index is 0.0886. The highest BCUT2D eigenvalue weighted by molar-refractivity contribution is 5.70. The zero-order chi connectivity index (χ0) is 20.6. The average molecular weight is 383 g/mol. The highest BCUT2D eigenvalue weighted by atomic mass is 16.1. The van der Waals surface area contributed by atoms with Gasteiger partial charge in [0.2, 0.25) is 0 Å². The summed E-state index contributed by atoms with van der Waals surface area (Å²) in [5, 5.41) is 4.81. The van der Waals surface area contributed by atoms with Crippen LogP contribution in [-0.4, -0.2) is 14.8 Å². The van der Waals surface area contributed by atoms with E-state index in [9.17, 15) is 4.79 Å². The van der Waals surface area contributed by atoms with Crippen LogP contribution < -0.4 is 5.56 Å². The van der Waals surface area contributed by atoms with Crippen LogP contribution in [0.1, 0.15) is 32.0 Å². The molecule has 1 N–H and O–H groups in total. The van der Waals surface area contributed by atoms with Gasteiger partial charge < -0.3 is 4.98 Å². The fourth-order valence-electron chi connectivity index (χ4n) is 3.40. The fraction of sp³-hybridized carbons (Fsp3) is 0.200. The minimum atomic E-state index is -0.127. The van der Waals surface area contributed by atoms with Gasteiger partial charge in [-0.15, -0.1) is 0 Å². The molecule has 0 unspecified atom stereocenters. The van der Waals surface area contributed by atoms with Crippen molar-refractivity contribution >= 4 is 0 Å². The van der Waals surface area contributed by atoms with Crippen LogP contribution in [-0.2, 0) is 5.41 Å². The van der Waals surface area contributed by atoms with E-state index in [4.69, 9.17) is 5.10 Å². The predicted octanol–water partition coefficient (Wildman–Crippen LogP) is 5.50. The molecule has 2 aromatic carbocycles. The first-order valence-corrected chi connectivity index (χ1v) is 9.80. The summed E-state index contributed by atoms with van der Waals surface area (Å²) in [6.07, 6.45) is 0. The van der Waals surface area contributed by atoms with Crippen molar-refractivity contribution in [2.24, 2.45) is 0 Å². The highest BCUT2D eigenvalue weighted by Gasteiger charge is 2.17. The maximum Gasteiger partial charge on any atom is 0.257 e. The van der Waals surface area contributed by atoms with Crippen LogP contribution >= 0.6 is 0 Å². The standard InChI is InChI=1S/C25H25N3O/c1-17-10-15-21(24(29)26-17)22-16-23(18-8-6-5-7-9-18)28(27-22)20-13-11-19(12-14-20)25(2,3)4/h5-16H,1-4H3,(H,26,29). The number of hydrogen-bond acceptors (Lipinski definition) is 2. The van der Waals surface area contributed by atoms with Crippen LogP contribution in [0.5, 0.6) is 0 Å². The van der Waals surface area contributed by atoms with Gasteiger partial charge in [-0.2, -0.15) is 5.10 Å². The Labute approximate surface area is 170 Å². The van der Waals surface area contributed by atoms with Crippen LogP contribution in [0.4, 0.5) is 0 Å². The lowest BCUT2D eigenvalue weighted by Gasteiger charge is -2.19. The molecule has 0 radical (unpaired) electrons. The van der Waals surface area contributed by atoms with Crippen LogP contribution in [0.3, 0.4) is 0 Å². The maximum absolute atomic E-state index is 12.5. The minimum Gasteiger partial charge on any atom is -0.326 e. The van der Waals surface area contributed by atoms with Crippen molar-refractivity contribution in [3.05, 3.63) is 94.4 Å². The van der Waals surface area contributed by atoms with E-state index >= 15 is 0 Å². The summed E-state index contributed by atoms with van der Waals surface area (Å²) >= 11 is 0. The molecule has 146 valence electrons. The van der Waals surface area contributed by atoms with Crippen LogP contribution in [0.25, 0.3) is 28.2 Å². The molecule has 0 atom stereocenters. The lowest BCUT2D eigenvalue weighted by molar-refractivity contribution is 0.590. The summed E-state index contributed by atoms with van der Waals surface area (Å²) in [5.74, 6) is 0. The quantitative estimate of drug-likeness (QED) is 0.508. The second-order valence-corrected chi connectivity index (χ2v) is 8.37. The number of nitrogens with one attached hydrogen (secondary N) is 1. The van der Waals surface area contributed by atoms with Gasteiger partial charge in [-0.3, -0.25) is 4.79 Å². The third-order valence-electron chi connectivity index (χ3n) is 5.09. The molecule has 2 heterocycles. The number of hydrogen-bond donors (Lipinski definition) is 1. The van der Waals surface area contributed by atoms with E-state index in [1.165, 1.54) is 5.56 Å². The molecule has 4 aromatic rings. The molecule has 0 fully saturated rings. The van der Waals surface area contributed by atoms with E-state index in [-0.39, 0.29) is 11.0 Å². The molecule has 0 saturated carbocycles. The zero-order valence-electron chi connectivity index (χ0n) is 17.2. The van der Waals surface area contributed by atoms with Gasteiger partial charge in [-0.1, -0.05) is 63.2 Å². The molecule has 4 rings (SSSR count). The number of rotatable bonds is 3. The van der Waals surface area contributed by atoms with Crippen molar-refractivity contribution in [2.45, 2.75) is 33.1 Å². The Morgan fingerprint density at radius 1 is 0.897 bits per heavy atom. The van der Waals surface area contributed by atoms with Gasteiger partial charge in [-0.25, -0.2) is 4.68 Å². The summed E-state index contributed by atoms with van der Waals surface area (Å²) < 4.78 is 1.91. The van der Waals surface area contributed by atoms with Gasteiger partial charge >= 0.3 is 0 Å². The van der Waals surface area contributed by atoms with Crippen molar-refractivity contribution in [2.75, 3.05) is 0 Å². The molecule has 2 aromatic heterocycles. The van der Waals surface area contributed by atoms with Gasteiger partial charge in [0, 0.05) is 11.3 Å². The number of aromatic nitrogens is 3. The van der Waals surface area contributed by atoms with Crippen molar-refractivity contribution in [3.8, 4) is 28.2 Å². The lowest BCUT2D eigenvalue weighted by atomic mass is 9.87. The third-order valence-corrected chi connectivity index (χ3v) is 5.09. The monoisotopic (exact) mass is 383 g/mol. The lowest BCUT2D eigenvalue weighted by Crippen LogP contribution is -2.11. The number of pyridine rings is 1. The molecule has 0 aliphatic heterocycles.